The summed E-state index contributed by atoms with van der Waals surface area (Å²) >= 11 is 0. The monoisotopic (exact) mass is 437 g/mol. The maximum atomic E-state index is 14.0. The number of aromatic nitrogens is 1. The van der Waals surface area contributed by atoms with Crippen LogP contribution < -0.4 is 0 Å². The minimum absolute atomic E-state index is 0.204. The first-order valence-electron chi connectivity index (χ1n) is 11.0. The first-order valence-corrected chi connectivity index (χ1v) is 11.0. The molecule has 0 radical (unpaired) electrons. The standard InChI is InChI=1S/C27H23N3O3/c31-25-21-12-4-5-13-22(21)26(32)30(25)24(17-19-9-2-1-3-10-19)27(33)29-16-7-6-14-23(29)20-11-8-15-28-18-20/h1-13,15,18,23-24H,14,16-17H2/t23?,24-/m0/s1. The van der Waals surface area contributed by atoms with Crippen molar-refractivity contribution in [3.05, 3.63) is 114 Å². The largest absolute Gasteiger partial charge is 0.330 e. The van der Waals surface area contributed by atoms with E-state index in [-0.39, 0.29) is 18.4 Å². The van der Waals surface area contributed by atoms with E-state index in [0.717, 1.165) is 16.0 Å². The Morgan fingerprint density at radius 1 is 0.909 bits per heavy atom. The minimum atomic E-state index is -0.939. The van der Waals surface area contributed by atoms with Gasteiger partial charge < -0.3 is 4.90 Å². The first kappa shape index (κ1) is 20.8. The van der Waals surface area contributed by atoms with Gasteiger partial charge in [-0.2, -0.15) is 0 Å². The topological polar surface area (TPSA) is 70.6 Å². The molecule has 2 atom stereocenters. The van der Waals surface area contributed by atoms with Crippen LogP contribution >= 0.6 is 0 Å². The fourth-order valence-electron chi connectivity index (χ4n) is 4.61. The molecule has 5 rings (SSSR count). The molecule has 33 heavy (non-hydrogen) atoms. The highest BCUT2D eigenvalue weighted by Crippen LogP contribution is 2.32. The molecule has 0 saturated carbocycles. The Kier molecular flexibility index (Phi) is 5.57. The van der Waals surface area contributed by atoms with Crippen molar-refractivity contribution in [2.45, 2.75) is 24.9 Å². The van der Waals surface area contributed by atoms with Crippen LogP contribution in [0.1, 0.15) is 44.3 Å². The molecular weight excluding hydrogens is 414 g/mol. The molecule has 3 heterocycles. The summed E-state index contributed by atoms with van der Waals surface area (Å²) in [6.45, 7) is 0.410. The summed E-state index contributed by atoms with van der Waals surface area (Å²) in [6.07, 6.45) is 8.37. The molecular formula is C27H23N3O3. The lowest BCUT2D eigenvalue weighted by Gasteiger charge is -2.37. The van der Waals surface area contributed by atoms with E-state index in [1.54, 1.807) is 41.6 Å². The average molecular weight is 437 g/mol. The first-order chi connectivity index (χ1) is 16.1. The number of fused-ring (bicyclic) bond motifs is 1. The van der Waals surface area contributed by atoms with Gasteiger partial charge in [-0.3, -0.25) is 24.3 Å². The molecule has 2 aromatic carbocycles. The van der Waals surface area contributed by atoms with E-state index >= 15 is 0 Å². The van der Waals surface area contributed by atoms with Gasteiger partial charge in [-0.15, -0.1) is 0 Å². The second-order valence-electron chi connectivity index (χ2n) is 8.23. The average Bonchev–Trinajstić information content (AvgIpc) is 3.13. The Hall–Kier alpha value is -4.06. The van der Waals surface area contributed by atoms with Crippen molar-refractivity contribution < 1.29 is 14.4 Å². The minimum Gasteiger partial charge on any atom is -0.330 e. The number of imide groups is 1. The van der Waals surface area contributed by atoms with Gasteiger partial charge in [-0.25, -0.2) is 0 Å². The van der Waals surface area contributed by atoms with Crippen LogP contribution in [0.15, 0.2) is 91.3 Å². The number of rotatable bonds is 5. The van der Waals surface area contributed by atoms with Gasteiger partial charge in [0.05, 0.1) is 17.2 Å². The molecule has 1 unspecified atom stereocenters. The van der Waals surface area contributed by atoms with Crippen LogP contribution in [0.3, 0.4) is 0 Å². The Morgan fingerprint density at radius 3 is 2.27 bits per heavy atom. The number of nitrogens with zero attached hydrogens (tertiary/aromatic N) is 3. The summed E-state index contributed by atoms with van der Waals surface area (Å²) in [4.78, 5) is 47.7. The van der Waals surface area contributed by atoms with Crippen LogP contribution in [0.2, 0.25) is 0 Å². The smallest absolute Gasteiger partial charge is 0.262 e. The quantitative estimate of drug-likeness (QED) is 0.450. The summed E-state index contributed by atoms with van der Waals surface area (Å²) in [5.41, 5.74) is 2.50. The Labute approximate surface area is 192 Å². The third-order valence-corrected chi connectivity index (χ3v) is 6.25. The number of hydrogen-bond donors (Lipinski definition) is 0. The molecule has 3 aromatic rings. The van der Waals surface area contributed by atoms with Crippen molar-refractivity contribution >= 4 is 17.7 Å². The molecule has 0 aliphatic carbocycles. The molecule has 1 aromatic heterocycles. The highest BCUT2D eigenvalue weighted by atomic mass is 16.2. The van der Waals surface area contributed by atoms with E-state index in [1.807, 2.05) is 48.5 Å². The van der Waals surface area contributed by atoms with Gasteiger partial charge in [0.2, 0.25) is 5.91 Å². The molecule has 2 aliphatic heterocycles. The highest BCUT2D eigenvalue weighted by molar-refractivity contribution is 6.22. The van der Waals surface area contributed by atoms with Gasteiger partial charge >= 0.3 is 0 Å². The second kappa shape index (κ2) is 8.82. The number of amides is 3. The van der Waals surface area contributed by atoms with Crippen LogP contribution in [0.25, 0.3) is 0 Å². The molecule has 6 nitrogen and oxygen atoms in total. The number of hydrogen-bond acceptors (Lipinski definition) is 4. The van der Waals surface area contributed by atoms with Crippen molar-refractivity contribution in [1.82, 2.24) is 14.8 Å². The lowest BCUT2D eigenvalue weighted by molar-refractivity contribution is -0.137. The summed E-state index contributed by atoms with van der Waals surface area (Å²) in [7, 11) is 0. The summed E-state index contributed by atoms with van der Waals surface area (Å²) < 4.78 is 0. The van der Waals surface area contributed by atoms with Gasteiger partial charge in [0.1, 0.15) is 6.04 Å². The second-order valence-corrected chi connectivity index (χ2v) is 8.23. The predicted octanol–water partition coefficient (Wildman–Crippen LogP) is 3.82. The normalized spacial score (nSPS) is 18.4. The fraction of sp³-hybridized carbons (Fsp3) is 0.185. The SMILES string of the molecule is O=C([C@H](Cc1ccccc1)N1C(=O)c2ccccc2C1=O)N1CC=CCC1c1cccnc1. The van der Waals surface area contributed by atoms with Crippen molar-refractivity contribution in [3.63, 3.8) is 0 Å². The zero-order chi connectivity index (χ0) is 22.8. The van der Waals surface area contributed by atoms with Crippen LogP contribution in [0, 0.1) is 0 Å². The van der Waals surface area contributed by atoms with Crippen LogP contribution in [-0.4, -0.2) is 45.1 Å². The third-order valence-electron chi connectivity index (χ3n) is 6.25. The molecule has 0 fully saturated rings. The van der Waals surface area contributed by atoms with Gasteiger partial charge in [-0.1, -0.05) is 60.7 Å². The Bertz CT molecular complexity index is 1190. The molecule has 2 aliphatic rings. The van der Waals surface area contributed by atoms with Gasteiger partial charge in [-0.05, 0) is 35.7 Å². The molecule has 0 bridgehead atoms. The van der Waals surface area contributed by atoms with E-state index in [9.17, 15) is 14.4 Å². The van der Waals surface area contributed by atoms with E-state index in [2.05, 4.69) is 11.1 Å². The number of carbonyl (C=O) groups is 3. The van der Waals surface area contributed by atoms with Gasteiger partial charge in [0, 0.05) is 25.4 Å². The lowest BCUT2D eigenvalue weighted by Crippen LogP contribution is -2.53. The van der Waals surface area contributed by atoms with Crippen LogP contribution in [0.4, 0.5) is 0 Å². The number of benzene rings is 2. The third kappa shape index (κ3) is 3.84. The molecule has 3 amide bonds. The fourth-order valence-corrected chi connectivity index (χ4v) is 4.61. The maximum Gasteiger partial charge on any atom is 0.262 e. The van der Waals surface area contributed by atoms with E-state index in [4.69, 9.17) is 0 Å². The molecule has 164 valence electrons. The summed E-state index contributed by atoms with van der Waals surface area (Å²) in [6, 6.07) is 18.9. The lowest BCUT2D eigenvalue weighted by atomic mass is 9.97. The van der Waals surface area contributed by atoms with E-state index < -0.39 is 17.9 Å². The molecule has 6 heteroatoms. The summed E-state index contributed by atoms with van der Waals surface area (Å²) in [5, 5.41) is 0. The van der Waals surface area contributed by atoms with Gasteiger partial charge in [0.25, 0.3) is 11.8 Å². The van der Waals surface area contributed by atoms with E-state index in [1.165, 1.54) is 0 Å². The predicted molar refractivity (Wildman–Crippen MR) is 123 cm³/mol. The van der Waals surface area contributed by atoms with E-state index in [0.29, 0.717) is 24.1 Å². The number of pyridine rings is 1. The molecule has 0 saturated heterocycles. The van der Waals surface area contributed by atoms with Crippen molar-refractivity contribution in [1.29, 1.82) is 0 Å². The van der Waals surface area contributed by atoms with Crippen LogP contribution in [-0.2, 0) is 11.2 Å². The number of carbonyl (C=O) groups excluding carboxylic acids is 3. The molecule has 0 spiro atoms. The van der Waals surface area contributed by atoms with Crippen molar-refractivity contribution in [3.8, 4) is 0 Å². The zero-order valence-corrected chi connectivity index (χ0v) is 18.0. The van der Waals surface area contributed by atoms with Crippen LogP contribution in [0.5, 0.6) is 0 Å². The summed E-state index contributed by atoms with van der Waals surface area (Å²) in [5.74, 6) is -1.09. The van der Waals surface area contributed by atoms with Crippen molar-refractivity contribution in [2.24, 2.45) is 0 Å². The molecule has 0 N–H and O–H groups in total. The highest BCUT2D eigenvalue weighted by Gasteiger charge is 2.44. The Balaban J connectivity index is 1.53. The maximum absolute atomic E-state index is 14.0. The zero-order valence-electron chi connectivity index (χ0n) is 18.0. The Morgan fingerprint density at radius 2 is 1.61 bits per heavy atom. The van der Waals surface area contributed by atoms with Gasteiger partial charge in [0.15, 0.2) is 0 Å². The van der Waals surface area contributed by atoms with Crippen molar-refractivity contribution in [2.75, 3.05) is 6.54 Å².